The summed E-state index contributed by atoms with van der Waals surface area (Å²) in [7, 11) is -0.710. The van der Waals surface area contributed by atoms with Gasteiger partial charge in [-0.1, -0.05) is 49.4 Å². The van der Waals surface area contributed by atoms with Crippen molar-refractivity contribution in [3.8, 4) is 11.1 Å². The van der Waals surface area contributed by atoms with Crippen LogP contribution in [-0.4, -0.2) is 77.0 Å². The van der Waals surface area contributed by atoms with Gasteiger partial charge >= 0.3 is 0 Å². The summed E-state index contributed by atoms with van der Waals surface area (Å²) in [6, 6.07) is 19.8. The number of likely N-dealkylation sites (N-methyl/N-ethyl adjacent to an activating group) is 1. The van der Waals surface area contributed by atoms with Crippen LogP contribution in [0.3, 0.4) is 0 Å². The van der Waals surface area contributed by atoms with E-state index in [4.69, 9.17) is 4.74 Å². The van der Waals surface area contributed by atoms with E-state index in [9.17, 15) is 28.4 Å². The number of non-ortho nitro benzene ring substituents is 1. The lowest BCUT2D eigenvalue weighted by Crippen LogP contribution is -2.48. The monoisotopic (exact) mass is 620 g/mol. The van der Waals surface area contributed by atoms with Crippen LogP contribution in [0.4, 0.5) is 5.69 Å². The van der Waals surface area contributed by atoms with Crippen molar-refractivity contribution < 1.29 is 28.0 Å². The molecule has 44 heavy (non-hydrogen) atoms. The molecule has 5 rings (SSSR count). The fourth-order valence-electron chi connectivity index (χ4n) is 5.80. The highest BCUT2D eigenvalue weighted by atomic mass is 32.2. The number of sulfonamides is 1. The average molecular weight is 621 g/mol. The van der Waals surface area contributed by atoms with Crippen molar-refractivity contribution in [2.75, 3.05) is 26.7 Å². The van der Waals surface area contributed by atoms with Crippen LogP contribution >= 0.6 is 0 Å². The van der Waals surface area contributed by atoms with Gasteiger partial charge in [0.15, 0.2) is 0 Å². The summed E-state index contributed by atoms with van der Waals surface area (Å²) in [4.78, 5) is 26.5. The van der Waals surface area contributed by atoms with Crippen molar-refractivity contribution >= 4 is 32.5 Å². The second-order valence-corrected chi connectivity index (χ2v) is 13.4. The van der Waals surface area contributed by atoms with Gasteiger partial charge in [0.1, 0.15) is 5.69 Å². The Morgan fingerprint density at radius 2 is 1.75 bits per heavy atom. The minimum Gasteiger partial charge on any atom is -0.394 e. The van der Waals surface area contributed by atoms with Gasteiger partial charge in [-0.3, -0.25) is 14.9 Å². The highest BCUT2D eigenvalue weighted by Gasteiger charge is 2.35. The molecule has 0 aliphatic carbocycles. The van der Waals surface area contributed by atoms with Crippen molar-refractivity contribution in [3.05, 3.63) is 94.2 Å². The molecule has 0 spiro atoms. The van der Waals surface area contributed by atoms with E-state index in [-0.39, 0.29) is 48.7 Å². The number of nitro benzene ring substituents is 1. The van der Waals surface area contributed by atoms with Crippen LogP contribution in [0.2, 0.25) is 0 Å². The van der Waals surface area contributed by atoms with Crippen LogP contribution in [0.25, 0.3) is 22.0 Å². The third-order valence-corrected chi connectivity index (χ3v) is 10.3. The molecule has 232 valence electrons. The van der Waals surface area contributed by atoms with Gasteiger partial charge in [0.25, 0.3) is 11.6 Å². The molecule has 1 aliphatic rings. The van der Waals surface area contributed by atoms with E-state index in [1.807, 2.05) is 67.1 Å². The maximum atomic E-state index is 14.5. The number of carbonyl (C=O) groups is 1. The van der Waals surface area contributed by atoms with E-state index < -0.39 is 27.1 Å². The Bertz CT molecular complexity index is 1800. The molecule has 4 aromatic rings. The summed E-state index contributed by atoms with van der Waals surface area (Å²) in [6.45, 7) is 3.76. The van der Waals surface area contributed by atoms with Crippen molar-refractivity contribution in [1.82, 2.24) is 13.8 Å². The zero-order valence-electron chi connectivity index (χ0n) is 25.1. The molecule has 1 N–H and O–H groups in total. The predicted molar refractivity (Wildman–Crippen MR) is 167 cm³/mol. The number of aryl methyl sites for hydroxylation is 1. The largest absolute Gasteiger partial charge is 0.394 e. The minimum absolute atomic E-state index is 0.0337. The van der Waals surface area contributed by atoms with E-state index in [1.54, 1.807) is 11.8 Å². The van der Waals surface area contributed by atoms with Crippen LogP contribution in [0.1, 0.15) is 29.9 Å². The SMILES string of the molecule is C[C@@H]1CN([C@@H](C)CO)C(=O)c2c(c3ccccc3n2C)-c2ccccc2CO[C@H]1CN(C)S(=O)(=O)c1ccc([N+](=O)[O-])cc1. The molecule has 0 unspecified atom stereocenters. The van der Waals surface area contributed by atoms with Crippen LogP contribution in [0, 0.1) is 16.0 Å². The molecule has 0 saturated heterocycles. The molecular formula is C32H36N4O7S. The maximum Gasteiger partial charge on any atom is 0.271 e. The van der Waals surface area contributed by atoms with Gasteiger partial charge in [-0.2, -0.15) is 4.31 Å². The molecule has 1 amide bonds. The van der Waals surface area contributed by atoms with Gasteiger partial charge in [0.05, 0.1) is 35.2 Å². The summed E-state index contributed by atoms with van der Waals surface area (Å²) in [5.41, 5.74) is 3.67. The number of benzene rings is 3. The Morgan fingerprint density at radius 3 is 2.43 bits per heavy atom. The Balaban J connectivity index is 1.57. The summed E-state index contributed by atoms with van der Waals surface area (Å²) in [5.74, 6) is -0.583. The number of nitrogens with zero attached hydrogens (tertiary/aromatic N) is 4. The topological polar surface area (TPSA) is 135 Å². The number of ether oxygens (including phenoxy) is 1. The number of aliphatic hydroxyl groups excluding tert-OH is 1. The molecule has 0 bridgehead atoms. The number of fused-ring (bicyclic) bond motifs is 5. The molecule has 12 heteroatoms. The maximum absolute atomic E-state index is 14.5. The van der Waals surface area contributed by atoms with Crippen LogP contribution < -0.4 is 0 Å². The van der Waals surface area contributed by atoms with Crippen molar-refractivity contribution in [2.24, 2.45) is 13.0 Å². The summed E-state index contributed by atoms with van der Waals surface area (Å²) >= 11 is 0. The number of aromatic nitrogens is 1. The molecule has 1 aliphatic heterocycles. The Morgan fingerprint density at radius 1 is 1.09 bits per heavy atom. The van der Waals surface area contributed by atoms with Crippen LogP contribution in [0.5, 0.6) is 0 Å². The lowest BCUT2D eigenvalue weighted by molar-refractivity contribution is -0.384. The van der Waals surface area contributed by atoms with Gasteiger partial charge in [-0.25, -0.2) is 8.42 Å². The van der Waals surface area contributed by atoms with Crippen molar-refractivity contribution in [2.45, 2.75) is 37.5 Å². The molecule has 11 nitrogen and oxygen atoms in total. The first-order valence-electron chi connectivity index (χ1n) is 14.4. The Labute approximate surface area is 256 Å². The fourth-order valence-corrected chi connectivity index (χ4v) is 6.98. The lowest BCUT2D eigenvalue weighted by atomic mass is 9.96. The third-order valence-electron chi connectivity index (χ3n) is 8.42. The standard InChI is InChI=1S/C32H36N4O7S/c1-21-17-35(22(2)19-37)32(38)31-30(27-11-7-8-12-28(27)34(31)4)26-10-6-5-9-23(26)20-43-29(21)18-33(3)44(41,42)25-15-13-24(14-16-25)36(39)40/h5-16,21-22,29,37H,17-20H2,1-4H3/t21-,22+,29+/m1/s1. The highest BCUT2D eigenvalue weighted by Crippen LogP contribution is 2.38. The van der Waals surface area contributed by atoms with E-state index in [0.717, 1.165) is 39.7 Å². The molecule has 0 fully saturated rings. The molecule has 1 aromatic heterocycles. The number of hydrogen-bond acceptors (Lipinski definition) is 7. The van der Waals surface area contributed by atoms with Gasteiger partial charge in [0, 0.05) is 61.7 Å². The van der Waals surface area contributed by atoms with Crippen molar-refractivity contribution in [1.29, 1.82) is 0 Å². The molecular weight excluding hydrogens is 584 g/mol. The zero-order chi connectivity index (χ0) is 31.8. The number of carbonyl (C=O) groups excluding carboxylic acids is 1. The zero-order valence-corrected chi connectivity index (χ0v) is 25.9. The van der Waals surface area contributed by atoms with E-state index in [0.29, 0.717) is 5.69 Å². The molecule has 0 radical (unpaired) electrons. The van der Waals surface area contributed by atoms with Crippen LogP contribution in [-0.2, 0) is 28.4 Å². The number of rotatable bonds is 7. The lowest BCUT2D eigenvalue weighted by Gasteiger charge is -2.35. The highest BCUT2D eigenvalue weighted by molar-refractivity contribution is 7.89. The Kier molecular flexibility index (Phi) is 8.89. The second kappa shape index (κ2) is 12.5. The number of hydrogen-bond donors (Lipinski definition) is 1. The number of nitro groups is 1. The number of para-hydroxylation sites is 1. The van der Waals surface area contributed by atoms with Gasteiger partial charge < -0.3 is 19.3 Å². The first-order valence-corrected chi connectivity index (χ1v) is 15.8. The molecule has 2 heterocycles. The second-order valence-electron chi connectivity index (χ2n) is 11.3. The molecule has 0 saturated carbocycles. The quantitative estimate of drug-likeness (QED) is 0.239. The number of aliphatic hydroxyl groups is 1. The first-order chi connectivity index (χ1) is 20.9. The first kappa shape index (κ1) is 31.3. The summed E-state index contributed by atoms with van der Waals surface area (Å²) in [5, 5.41) is 22.2. The normalized spacial score (nSPS) is 18.5. The summed E-state index contributed by atoms with van der Waals surface area (Å²) < 4.78 is 36.5. The third kappa shape index (κ3) is 5.73. The van der Waals surface area contributed by atoms with E-state index in [1.165, 1.54) is 23.5 Å². The van der Waals surface area contributed by atoms with Gasteiger partial charge in [-0.15, -0.1) is 0 Å². The van der Waals surface area contributed by atoms with Gasteiger partial charge in [-0.05, 0) is 36.2 Å². The van der Waals surface area contributed by atoms with Gasteiger partial charge in [0.2, 0.25) is 10.0 Å². The molecule has 3 atom stereocenters. The number of amides is 1. The predicted octanol–water partition coefficient (Wildman–Crippen LogP) is 4.43. The summed E-state index contributed by atoms with van der Waals surface area (Å²) in [6.07, 6.45) is -0.639. The molecule has 3 aromatic carbocycles. The minimum atomic E-state index is -4.01. The van der Waals surface area contributed by atoms with E-state index >= 15 is 0 Å². The van der Waals surface area contributed by atoms with Crippen molar-refractivity contribution in [3.63, 3.8) is 0 Å². The Hall–Kier alpha value is -4.10. The average Bonchev–Trinajstić information content (AvgIpc) is 3.31. The smallest absolute Gasteiger partial charge is 0.271 e. The van der Waals surface area contributed by atoms with E-state index in [2.05, 4.69) is 0 Å². The van der Waals surface area contributed by atoms with Crippen LogP contribution in [0.15, 0.2) is 77.7 Å². The fraction of sp³-hybridized carbons (Fsp3) is 0.344.